The molecule has 1 aliphatic rings. The largest absolute Gasteiger partial charge is 0.481 e. The van der Waals surface area contributed by atoms with Gasteiger partial charge in [0.25, 0.3) is 0 Å². The highest BCUT2D eigenvalue weighted by Gasteiger charge is 2.40. The van der Waals surface area contributed by atoms with Crippen LogP contribution in [0.5, 0.6) is 0 Å². The van der Waals surface area contributed by atoms with Crippen molar-refractivity contribution in [1.82, 2.24) is 4.98 Å². The van der Waals surface area contributed by atoms with Crippen molar-refractivity contribution in [2.24, 2.45) is 11.3 Å². The van der Waals surface area contributed by atoms with E-state index in [9.17, 15) is 14.3 Å². The molecule has 3 nitrogen and oxygen atoms in total. The lowest BCUT2D eigenvalue weighted by molar-refractivity contribution is -0.144. The normalized spacial score (nSPS) is 26.8. The Morgan fingerprint density at radius 3 is 2.89 bits per heavy atom. The van der Waals surface area contributed by atoms with Crippen LogP contribution < -0.4 is 0 Å². The molecule has 1 aromatic heterocycles. The molecule has 1 fully saturated rings. The molecule has 0 radical (unpaired) electrons. The quantitative estimate of drug-likeness (QED) is 0.878. The number of carboxylic acids is 1. The van der Waals surface area contributed by atoms with Gasteiger partial charge in [-0.15, -0.1) is 0 Å². The second-order valence-corrected chi connectivity index (χ2v) is 5.86. The van der Waals surface area contributed by atoms with Crippen LogP contribution in [-0.2, 0) is 4.79 Å². The van der Waals surface area contributed by atoms with Gasteiger partial charge in [0.2, 0.25) is 0 Å². The number of carbonyl (C=O) groups is 1. The zero-order valence-corrected chi connectivity index (χ0v) is 10.7. The number of carboxylic acid groups (broad SMARTS) is 1. The molecule has 1 aromatic rings. The summed E-state index contributed by atoms with van der Waals surface area (Å²) in [6.07, 6.45) is 4.86. The fourth-order valence-electron chi connectivity index (χ4n) is 2.90. The third kappa shape index (κ3) is 2.52. The van der Waals surface area contributed by atoms with Gasteiger partial charge in [-0.3, -0.25) is 9.78 Å². The Morgan fingerprint density at radius 1 is 1.56 bits per heavy atom. The van der Waals surface area contributed by atoms with Gasteiger partial charge in [-0.2, -0.15) is 0 Å². The Morgan fingerprint density at radius 2 is 2.28 bits per heavy atom. The minimum Gasteiger partial charge on any atom is -0.481 e. The van der Waals surface area contributed by atoms with Crippen LogP contribution in [0.1, 0.15) is 44.6 Å². The number of hydrogen-bond acceptors (Lipinski definition) is 2. The number of rotatable bonds is 2. The van der Waals surface area contributed by atoms with Crippen LogP contribution in [0.2, 0.25) is 0 Å². The first-order valence-corrected chi connectivity index (χ1v) is 6.23. The molecular formula is C14H18FNO2. The SMILES string of the molecule is CC1(C)CCC(C(=O)O)C(c2ccncc2F)C1. The summed E-state index contributed by atoms with van der Waals surface area (Å²) in [5.74, 6) is -1.97. The summed E-state index contributed by atoms with van der Waals surface area (Å²) in [4.78, 5) is 15.0. The molecule has 2 rings (SSSR count). The Kier molecular flexibility index (Phi) is 3.37. The van der Waals surface area contributed by atoms with Crippen LogP contribution in [0.3, 0.4) is 0 Å². The second-order valence-electron chi connectivity index (χ2n) is 5.86. The number of pyridine rings is 1. The van der Waals surface area contributed by atoms with E-state index in [0.717, 1.165) is 12.6 Å². The van der Waals surface area contributed by atoms with Crippen molar-refractivity contribution >= 4 is 5.97 Å². The van der Waals surface area contributed by atoms with Crippen molar-refractivity contribution in [3.63, 3.8) is 0 Å². The standard InChI is InChI=1S/C14H18FNO2/c1-14(2)5-3-10(13(17)18)11(7-14)9-4-6-16-8-12(9)15/h4,6,8,10-11H,3,5,7H2,1-2H3,(H,17,18). The molecule has 0 spiro atoms. The first-order valence-electron chi connectivity index (χ1n) is 6.23. The van der Waals surface area contributed by atoms with Crippen LogP contribution in [0.4, 0.5) is 4.39 Å². The molecule has 0 aromatic carbocycles. The van der Waals surface area contributed by atoms with Crippen LogP contribution in [-0.4, -0.2) is 16.1 Å². The fourth-order valence-corrected chi connectivity index (χ4v) is 2.90. The van der Waals surface area contributed by atoms with E-state index in [2.05, 4.69) is 18.8 Å². The molecule has 2 unspecified atom stereocenters. The van der Waals surface area contributed by atoms with Gasteiger partial charge in [-0.05, 0) is 36.3 Å². The molecule has 0 amide bonds. The molecule has 1 heterocycles. The van der Waals surface area contributed by atoms with Gasteiger partial charge in [0.15, 0.2) is 0 Å². The zero-order valence-electron chi connectivity index (χ0n) is 10.7. The predicted octanol–water partition coefficient (Wildman–Crippen LogP) is 3.22. The van der Waals surface area contributed by atoms with Crippen molar-refractivity contribution in [3.05, 3.63) is 29.8 Å². The highest BCUT2D eigenvalue weighted by molar-refractivity contribution is 5.71. The molecule has 18 heavy (non-hydrogen) atoms. The maximum absolute atomic E-state index is 13.8. The van der Waals surface area contributed by atoms with Gasteiger partial charge >= 0.3 is 5.97 Å². The van der Waals surface area contributed by atoms with Gasteiger partial charge in [-0.1, -0.05) is 13.8 Å². The fraction of sp³-hybridized carbons (Fsp3) is 0.571. The first kappa shape index (κ1) is 13.0. The number of aromatic nitrogens is 1. The Balaban J connectivity index is 2.36. The van der Waals surface area contributed by atoms with Crippen LogP contribution in [0.25, 0.3) is 0 Å². The zero-order chi connectivity index (χ0) is 13.3. The van der Waals surface area contributed by atoms with E-state index in [1.54, 1.807) is 6.07 Å². The summed E-state index contributed by atoms with van der Waals surface area (Å²) >= 11 is 0. The molecule has 1 saturated carbocycles. The van der Waals surface area contributed by atoms with Crippen molar-refractivity contribution in [3.8, 4) is 0 Å². The van der Waals surface area contributed by atoms with E-state index in [1.165, 1.54) is 6.20 Å². The van der Waals surface area contributed by atoms with Crippen LogP contribution in [0, 0.1) is 17.2 Å². The lowest BCUT2D eigenvalue weighted by Crippen LogP contribution is -2.33. The smallest absolute Gasteiger partial charge is 0.307 e. The lowest BCUT2D eigenvalue weighted by atomic mass is 9.65. The number of aliphatic carboxylic acids is 1. The molecule has 1 aliphatic carbocycles. The van der Waals surface area contributed by atoms with Gasteiger partial charge in [0, 0.05) is 12.1 Å². The van der Waals surface area contributed by atoms with Crippen molar-refractivity contribution in [1.29, 1.82) is 0 Å². The Bertz CT molecular complexity index is 459. The summed E-state index contributed by atoms with van der Waals surface area (Å²) < 4.78 is 13.8. The molecule has 4 heteroatoms. The maximum atomic E-state index is 13.8. The topological polar surface area (TPSA) is 50.2 Å². The van der Waals surface area contributed by atoms with Crippen molar-refractivity contribution in [2.75, 3.05) is 0 Å². The highest BCUT2D eigenvalue weighted by Crippen LogP contribution is 2.47. The number of nitrogens with zero attached hydrogens (tertiary/aromatic N) is 1. The molecule has 1 N–H and O–H groups in total. The Hall–Kier alpha value is -1.45. The monoisotopic (exact) mass is 251 g/mol. The molecular weight excluding hydrogens is 233 g/mol. The minimum absolute atomic E-state index is 0.0618. The summed E-state index contributed by atoms with van der Waals surface area (Å²) in [5, 5.41) is 9.29. The van der Waals surface area contributed by atoms with Crippen LogP contribution in [0.15, 0.2) is 18.5 Å². The van der Waals surface area contributed by atoms with Gasteiger partial charge in [0.05, 0.1) is 12.1 Å². The third-order valence-corrected chi connectivity index (χ3v) is 3.91. The predicted molar refractivity (Wildman–Crippen MR) is 65.7 cm³/mol. The molecule has 0 aliphatic heterocycles. The highest BCUT2D eigenvalue weighted by atomic mass is 19.1. The number of halogens is 1. The van der Waals surface area contributed by atoms with E-state index < -0.39 is 17.7 Å². The lowest BCUT2D eigenvalue weighted by Gasteiger charge is -2.39. The number of hydrogen-bond donors (Lipinski definition) is 1. The van der Waals surface area contributed by atoms with E-state index in [1.807, 2.05) is 0 Å². The van der Waals surface area contributed by atoms with Crippen molar-refractivity contribution in [2.45, 2.75) is 39.0 Å². The third-order valence-electron chi connectivity index (χ3n) is 3.91. The van der Waals surface area contributed by atoms with E-state index >= 15 is 0 Å². The molecule has 98 valence electrons. The maximum Gasteiger partial charge on any atom is 0.307 e. The van der Waals surface area contributed by atoms with Crippen LogP contribution >= 0.6 is 0 Å². The molecule has 2 atom stereocenters. The summed E-state index contributed by atoms with van der Waals surface area (Å²) in [5.41, 5.74) is 0.553. The van der Waals surface area contributed by atoms with Crippen molar-refractivity contribution < 1.29 is 14.3 Å². The average molecular weight is 251 g/mol. The van der Waals surface area contributed by atoms with Gasteiger partial charge in [0.1, 0.15) is 5.82 Å². The first-order chi connectivity index (χ1) is 8.41. The molecule has 0 bridgehead atoms. The summed E-state index contributed by atoms with van der Waals surface area (Å²) in [6, 6.07) is 1.61. The average Bonchev–Trinajstić information content (AvgIpc) is 2.27. The minimum atomic E-state index is -0.827. The summed E-state index contributed by atoms with van der Waals surface area (Å²) in [7, 11) is 0. The second kappa shape index (κ2) is 4.67. The van der Waals surface area contributed by atoms with E-state index in [0.29, 0.717) is 18.4 Å². The van der Waals surface area contributed by atoms with E-state index in [4.69, 9.17) is 0 Å². The summed E-state index contributed by atoms with van der Waals surface area (Å²) in [6.45, 7) is 4.22. The van der Waals surface area contributed by atoms with E-state index in [-0.39, 0.29) is 11.3 Å². The van der Waals surface area contributed by atoms with Gasteiger partial charge < -0.3 is 5.11 Å². The molecule has 0 saturated heterocycles. The van der Waals surface area contributed by atoms with Gasteiger partial charge in [-0.25, -0.2) is 4.39 Å². The Labute approximate surface area is 106 Å².